The van der Waals surface area contributed by atoms with Crippen molar-refractivity contribution in [3.8, 4) is 6.07 Å². The number of anilines is 4. The van der Waals surface area contributed by atoms with Crippen LogP contribution in [-0.2, 0) is 0 Å². The molecule has 0 aliphatic carbocycles. The van der Waals surface area contributed by atoms with Gasteiger partial charge in [0.1, 0.15) is 11.4 Å². The van der Waals surface area contributed by atoms with Gasteiger partial charge in [-0.1, -0.05) is 66.7 Å². The van der Waals surface area contributed by atoms with Crippen molar-refractivity contribution >= 4 is 46.4 Å². The standard InChI is InChI=1S/C33H25N5O4.C2H3N/c39-30(22-12-3-1-4-13-22)35-24-16-7-9-18-26(24)37-32(41)28-20-11-21-29(34-28)33(42)38-27-19-10-8-17-25(27)36-31(40)23-14-5-2-6-15-23;1-2-3/h1-21H,(H,35,39)(H,36,40)(H,37,41)(H,38,42);1H3. The lowest BCUT2D eigenvalue weighted by Crippen LogP contribution is -2.20. The fourth-order valence-corrected chi connectivity index (χ4v) is 4.03. The lowest BCUT2D eigenvalue weighted by atomic mass is 10.2. The molecule has 0 aliphatic heterocycles. The van der Waals surface area contributed by atoms with E-state index in [0.29, 0.717) is 33.9 Å². The molecule has 45 heavy (non-hydrogen) atoms. The number of para-hydroxylation sites is 4. The monoisotopic (exact) mass is 596 g/mol. The third-order valence-corrected chi connectivity index (χ3v) is 6.13. The van der Waals surface area contributed by atoms with Crippen LogP contribution in [0.4, 0.5) is 22.7 Å². The zero-order valence-corrected chi connectivity index (χ0v) is 24.2. The predicted molar refractivity (Wildman–Crippen MR) is 173 cm³/mol. The van der Waals surface area contributed by atoms with Gasteiger partial charge in [-0.3, -0.25) is 19.2 Å². The molecule has 0 saturated heterocycles. The van der Waals surface area contributed by atoms with Crippen molar-refractivity contribution < 1.29 is 19.2 Å². The third kappa shape index (κ3) is 8.70. The van der Waals surface area contributed by atoms with Crippen molar-refractivity contribution in [2.24, 2.45) is 0 Å². The highest BCUT2D eigenvalue weighted by atomic mass is 16.2. The number of carbonyl (C=O) groups is 4. The summed E-state index contributed by atoms with van der Waals surface area (Å²) in [5, 5.41) is 18.4. The van der Waals surface area contributed by atoms with Gasteiger partial charge in [-0.15, -0.1) is 0 Å². The van der Waals surface area contributed by atoms with E-state index < -0.39 is 11.8 Å². The van der Waals surface area contributed by atoms with E-state index in [-0.39, 0.29) is 23.2 Å². The quantitative estimate of drug-likeness (QED) is 0.158. The number of carbonyl (C=O) groups excluding carboxylic acids is 4. The van der Waals surface area contributed by atoms with Gasteiger partial charge in [-0.25, -0.2) is 4.98 Å². The number of pyridine rings is 1. The molecule has 4 N–H and O–H groups in total. The Kier molecular flexibility index (Phi) is 10.8. The summed E-state index contributed by atoms with van der Waals surface area (Å²) in [6, 6.07) is 37.2. The van der Waals surface area contributed by atoms with E-state index >= 15 is 0 Å². The van der Waals surface area contributed by atoms with Crippen LogP contribution in [0.15, 0.2) is 127 Å². The molecule has 0 spiro atoms. The first kappa shape index (κ1) is 31.3. The molecule has 0 fully saturated rings. The van der Waals surface area contributed by atoms with Crippen LogP contribution in [-0.4, -0.2) is 28.6 Å². The molecule has 0 atom stereocenters. The second-order valence-corrected chi connectivity index (χ2v) is 9.27. The molecule has 1 heterocycles. The zero-order chi connectivity index (χ0) is 32.0. The zero-order valence-electron chi connectivity index (χ0n) is 24.2. The number of hydrogen-bond donors (Lipinski definition) is 4. The fraction of sp³-hybridized carbons (Fsp3) is 0.0286. The summed E-state index contributed by atoms with van der Waals surface area (Å²) in [5.74, 6) is -1.79. The lowest BCUT2D eigenvalue weighted by molar-refractivity contribution is 0.100. The Morgan fingerprint density at radius 2 is 0.756 bits per heavy atom. The molecule has 5 aromatic rings. The van der Waals surface area contributed by atoms with E-state index in [9.17, 15) is 19.2 Å². The van der Waals surface area contributed by atoms with Crippen molar-refractivity contribution in [3.05, 3.63) is 150 Å². The summed E-state index contributed by atoms with van der Waals surface area (Å²) in [6.07, 6.45) is 0. The molecule has 10 heteroatoms. The molecule has 10 nitrogen and oxygen atoms in total. The van der Waals surface area contributed by atoms with E-state index in [0.717, 1.165) is 0 Å². The normalized spacial score (nSPS) is 9.78. The van der Waals surface area contributed by atoms with Crippen LogP contribution in [0.2, 0.25) is 0 Å². The number of amides is 4. The molecule has 1 aromatic heterocycles. The van der Waals surface area contributed by atoms with Crippen LogP contribution in [0.25, 0.3) is 0 Å². The molecule has 222 valence electrons. The van der Waals surface area contributed by atoms with Gasteiger partial charge in [0.15, 0.2) is 0 Å². The molecule has 0 aliphatic rings. The maximum atomic E-state index is 13.1. The van der Waals surface area contributed by atoms with Gasteiger partial charge in [-0.05, 0) is 60.7 Å². The van der Waals surface area contributed by atoms with E-state index in [1.165, 1.54) is 19.1 Å². The molecule has 0 bridgehead atoms. The molecule has 0 saturated carbocycles. The average Bonchev–Trinajstić information content (AvgIpc) is 3.07. The van der Waals surface area contributed by atoms with E-state index in [1.54, 1.807) is 109 Å². The van der Waals surface area contributed by atoms with Gasteiger partial charge in [0, 0.05) is 18.1 Å². The largest absolute Gasteiger partial charge is 0.320 e. The summed E-state index contributed by atoms with van der Waals surface area (Å²) in [6.45, 7) is 1.43. The third-order valence-electron chi connectivity index (χ3n) is 6.13. The van der Waals surface area contributed by atoms with Crippen molar-refractivity contribution in [1.82, 2.24) is 4.98 Å². The Balaban J connectivity index is 0.00000148. The Bertz CT molecular complexity index is 1730. The number of rotatable bonds is 8. The highest BCUT2D eigenvalue weighted by Crippen LogP contribution is 2.24. The highest BCUT2D eigenvalue weighted by Gasteiger charge is 2.17. The maximum Gasteiger partial charge on any atom is 0.274 e. The van der Waals surface area contributed by atoms with Gasteiger partial charge in [-0.2, -0.15) is 5.26 Å². The summed E-state index contributed by atoms with van der Waals surface area (Å²) < 4.78 is 0. The van der Waals surface area contributed by atoms with Gasteiger partial charge in [0.2, 0.25) is 0 Å². The molecular weight excluding hydrogens is 568 g/mol. The van der Waals surface area contributed by atoms with Gasteiger partial charge >= 0.3 is 0 Å². The van der Waals surface area contributed by atoms with Crippen LogP contribution in [0.3, 0.4) is 0 Å². The van der Waals surface area contributed by atoms with Crippen molar-refractivity contribution in [2.45, 2.75) is 6.92 Å². The lowest BCUT2D eigenvalue weighted by Gasteiger charge is -2.13. The minimum Gasteiger partial charge on any atom is -0.320 e. The number of nitriles is 1. The van der Waals surface area contributed by atoms with Crippen molar-refractivity contribution in [2.75, 3.05) is 21.3 Å². The second-order valence-electron chi connectivity index (χ2n) is 9.27. The first-order valence-electron chi connectivity index (χ1n) is 13.7. The molecule has 0 unspecified atom stereocenters. The number of aromatic nitrogens is 1. The van der Waals surface area contributed by atoms with E-state index in [2.05, 4.69) is 26.3 Å². The van der Waals surface area contributed by atoms with E-state index in [4.69, 9.17) is 5.26 Å². The predicted octanol–water partition coefficient (Wildman–Crippen LogP) is 6.62. The van der Waals surface area contributed by atoms with Crippen molar-refractivity contribution in [1.29, 1.82) is 5.26 Å². The van der Waals surface area contributed by atoms with Crippen LogP contribution in [0, 0.1) is 11.3 Å². The summed E-state index contributed by atoms with van der Waals surface area (Å²) >= 11 is 0. The van der Waals surface area contributed by atoms with Crippen LogP contribution < -0.4 is 21.3 Å². The summed E-state index contributed by atoms with van der Waals surface area (Å²) in [4.78, 5) is 55.7. The topological polar surface area (TPSA) is 153 Å². The maximum absolute atomic E-state index is 13.1. The minimum atomic E-state index is -0.568. The van der Waals surface area contributed by atoms with Crippen LogP contribution in [0.5, 0.6) is 0 Å². The molecule has 4 amide bonds. The number of hydrogen-bond acceptors (Lipinski definition) is 6. The molecule has 4 aromatic carbocycles. The van der Waals surface area contributed by atoms with Crippen LogP contribution in [0.1, 0.15) is 48.6 Å². The first-order chi connectivity index (χ1) is 21.9. The molecule has 0 radical (unpaired) electrons. The highest BCUT2D eigenvalue weighted by molar-refractivity contribution is 6.11. The molecule has 5 rings (SSSR count). The van der Waals surface area contributed by atoms with Crippen molar-refractivity contribution in [3.63, 3.8) is 0 Å². The second kappa shape index (κ2) is 15.6. The Morgan fingerprint density at radius 3 is 1.09 bits per heavy atom. The summed E-state index contributed by atoms with van der Waals surface area (Å²) in [5.41, 5.74) is 2.49. The Hall–Kier alpha value is -6.60. The first-order valence-corrected chi connectivity index (χ1v) is 13.7. The van der Waals surface area contributed by atoms with Gasteiger partial charge in [0.05, 0.1) is 28.8 Å². The average molecular weight is 597 g/mol. The number of nitrogens with one attached hydrogen (secondary N) is 4. The number of benzene rings is 4. The summed E-state index contributed by atoms with van der Waals surface area (Å²) in [7, 11) is 0. The molecular formula is C35H28N6O4. The number of nitrogens with zero attached hydrogens (tertiary/aromatic N) is 2. The Labute approximate surface area is 259 Å². The SMILES string of the molecule is CC#N.O=C(Nc1ccccc1NC(=O)c1cccc(C(=O)Nc2ccccc2NC(=O)c2ccccc2)n1)c1ccccc1. The smallest absolute Gasteiger partial charge is 0.274 e. The Morgan fingerprint density at radius 1 is 0.467 bits per heavy atom. The minimum absolute atomic E-state index is 0.00231. The fourth-order valence-electron chi connectivity index (χ4n) is 4.03. The van der Waals surface area contributed by atoms with Gasteiger partial charge < -0.3 is 21.3 Å². The van der Waals surface area contributed by atoms with E-state index in [1.807, 2.05) is 12.1 Å². The van der Waals surface area contributed by atoms with Crippen LogP contribution >= 0.6 is 0 Å². The van der Waals surface area contributed by atoms with Gasteiger partial charge in [0.25, 0.3) is 23.6 Å².